The number of aromatic nitrogens is 2. The summed E-state index contributed by atoms with van der Waals surface area (Å²) in [5, 5.41) is 11.6. The third-order valence-electron chi connectivity index (χ3n) is 5.62. The van der Waals surface area contributed by atoms with Crippen molar-refractivity contribution in [3.05, 3.63) is 71.9 Å². The highest BCUT2D eigenvalue weighted by atomic mass is 16.5. The van der Waals surface area contributed by atoms with Gasteiger partial charge in [-0.15, -0.1) is 0 Å². The van der Waals surface area contributed by atoms with Crippen molar-refractivity contribution in [2.45, 2.75) is 51.2 Å². The third kappa shape index (κ3) is 6.13. The zero-order chi connectivity index (χ0) is 21.3. The predicted octanol–water partition coefficient (Wildman–Crippen LogP) is 4.08. The number of rotatable bonds is 9. The fourth-order valence-corrected chi connectivity index (χ4v) is 3.85. The van der Waals surface area contributed by atoms with E-state index in [1.807, 2.05) is 36.4 Å². The summed E-state index contributed by atoms with van der Waals surface area (Å²) in [5.74, 6) is 2.57. The van der Waals surface area contributed by atoms with Gasteiger partial charge in [0.1, 0.15) is 11.5 Å². The minimum Gasteiger partial charge on any atom is -0.497 e. The molecule has 164 valence electrons. The summed E-state index contributed by atoms with van der Waals surface area (Å²) in [5.41, 5.74) is 2.15. The number of nitrogens with one attached hydrogen (secondary N) is 2. The maximum Gasteiger partial charge on any atom is 0.191 e. The van der Waals surface area contributed by atoms with E-state index in [4.69, 9.17) is 19.2 Å². The molecular formula is C24H31N5O2. The molecule has 2 heterocycles. The molecule has 2 N–H and O–H groups in total. The van der Waals surface area contributed by atoms with Crippen molar-refractivity contribution in [2.24, 2.45) is 4.99 Å². The maximum absolute atomic E-state index is 5.42. The Bertz CT molecular complexity index is 941. The second kappa shape index (κ2) is 10.7. The van der Waals surface area contributed by atoms with Crippen molar-refractivity contribution >= 4 is 5.96 Å². The molecule has 3 aromatic rings. The first-order valence-electron chi connectivity index (χ1n) is 11.0. The topological polar surface area (TPSA) is 76.6 Å². The fraction of sp³-hybridized carbons (Fsp3) is 0.417. The van der Waals surface area contributed by atoms with Gasteiger partial charge >= 0.3 is 0 Å². The number of furan rings is 1. The molecule has 0 bridgehead atoms. The minimum atomic E-state index is 0.559. The van der Waals surface area contributed by atoms with Gasteiger partial charge in [0.25, 0.3) is 0 Å². The number of aliphatic imine (C=N–C) groups is 1. The van der Waals surface area contributed by atoms with Gasteiger partial charge < -0.3 is 19.8 Å². The molecule has 1 fully saturated rings. The summed E-state index contributed by atoms with van der Waals surface area (Å²) >= 11 is 0. The van der Waals surface area contributed by atoms with Crippen molar-refractivity contribution in [1.82, 2.24) is 20.4 Å². The Morgan fingerprint density at radius 3 is 2.74 bits per heavy atom. The van der Waals surface area contributed by atoms with Gasteiger partial charge in [-0.1, -0.05) is 25.0 Å². The van der Waals surface area contributed by atoms with Gasteiger partial charge in [0.15, 0.2) is 5.96 Å². The zero-order valence-corrected chi connectivity index (χ0v) is 18.1. The standard InChI is InChI=1S/C24H31N5O2/c1-30-22-10-8-19(9-11-22)17-26-24(25-14-12-23-7-4-16-31-23)27-18-20-13-15-29(28-20)21-5-2-3-6-21/h4,7-11,13,15-16,21H,2-3,5-6,12,14,17-18H2,1H3,(H2,25,26,27). The van der Waals surface area contributed by atoms with Gasteiger partial charge in [-0.25, -0.2) is 4.99 Å². The van der Waals surface area contributed by atoms with Crippen LogP contribution in [0.2, 0.25) is 0 Å². The molecule has 1 saturated carbocycles. The van der Waals surface area contributed by atoms with Crippen LogP contribution >= 0.6 is 0 Å². The fourth-order valence-electron chi connectivity index (χ4n) is 3.85. The van der Waals surface area contributed by atoms with E-state index < -0.39 is 0 Å². The summed E-state index contributed by atoms with van der Waals surface area (Å²) in [6.07, 6.45) is 9.68. The number of benzene rings is 1. The minimum absolute atomic E-state index is 0.559. The second-order valence-electron chi connectivity index (χ2n) is 7.85. The summed E-state index contributed by atoms with van der Waals surface area (Å²) in [7, 11) is 1.67. The van der Waals surface area contributed by atoms with E-state index in [-0.39, 0.29) is 0 Å². The van der Waals surface area contributed by atoms with E-state index >= 15 is 0 Å². The Morgan fingerprint density at radius 1 is 1.16 bits per heavy atom. The lowest BCUT2D eigenvalue weighted by Crippen LogP contribution is -2.38. The zero-order valence-electron chi connectivity index (χ0n) is 18.1. The highest BCUT2D eigenvalue weighted by Crippen LogP contribution is 2.28. The molecule has 4 rings (SSSR count). The van der Waals surface area contributed by atoms with Gasteiger partial charge in [-0.3, -0.25) is 4.68 Å². The molecule has 1 aliphatic carbocycles. The van der Waals surface area contributed by atoms with Crippen LogP contribution in [0.1, 0.15) is 48.7 Å². The quantitative estimate of drug-likeness (QED) is 0.402. The number of hydrogen-bond donors (Lipinski definition) is 2. The number of ether oxygens (including phenoxy) is 1. The molecule has 2 aromatic heterocycles. The van der Waals surface area contributed by atoms with Gasteiger partial charge in [0.2, 0.25) is 0 Å². The Kier molecular flexibility index (Phi) is 7.26. The normalized spacial score (nSPS) is 14.7. The lowest BCUT2D eigenvalue weighted by molar-refractivity contribution is 0.414. The van der Waals surface area contributed by atoms with Gasteiger partial charge in [0.05, 0.1) is 38.2 Å². The first-order valence-corrected chi connectivity index (χ1v) is 11.0. The summed E-state index contributed by atoms with van der Waals surface area (Å²) in [6, 6.07) is 14.5. The maximum atomic E-state index is 5.42. The van der Waals surface area contributed by atoms with Crippen LogP contribution in [0, 0.1) is 0 Å². The largest absolute Gasteiger partial charge is 0.497 e. The van der Waals surface area contributed by atoms with Crippen LogP contribution in [-0.4, -0.2) is 29.4 Å². The first kappa shape index (κ1) is 21.0. The van der Waals surface area contributed by atoms with Gasteiger partial charge in [0, 0.05) is 19.2 Å². The molecule has 0 amide bonds. The molecule has 0 spiro atoms. The number of methoxy groups -OCH3 is 1. The molecule has 0 atom stereocenters. The average molecular weight is 422 g/mol. The molecule has 0 aliphatic heterocycles. The molecular weight excluding hydrogens is 390 g/mol. The monoisotopic (exact) mass is 421 g/mol. The van der Waals surface area contributed by atoms with Crippen LogP contribution in [0.5, 0.6) is 5.75 Å². The summed E-state index contributed by atoms with van der Waals surface area (Å²) < 4.78 is 12.8. The van der Waals surface area contributed by atoms with Crippen molar-refractivity contribution in [3.63, 3.8) is 0 Å². The van der Waals surface area contributed by atoms with Crippen LogP contribution in [0.25, 0.3) is 0 Å². The van der Waals surface area contributed by atoms with Crippen LogP contribution < -0.4 is 15.4 Å². The number of hydrogen-bond acceptors (Lipinski definition) is 4. The third-order valence-corrected chi connectivity index (χ3v) is 5.62. The highest BCUT2D eigenvalue weighted by molar-refractivity contribution is 5.79. The van der Waals surface area contributed by atoms with Crippen molar-refractivity contribution in [1.29, 1.82) is 0 Å². The average Bonchev–Trinajstić information content (AvgIpc) is 3.58. The smallest absolute Gasteiger partial charge is 0.191 e. The van der Waals surface area contributed by atoms with E-state index in [0.29, 0.717) is 19.1 Å². The second-order valence-corrected chi connectivity index (χ2v) is 7.85. The van der Waals surface area contributed by atoms with Crippen LogP contribution in [0.3, 0.4) is 0 Å². The lowest BCUT2D eigenvalue weighted by Gasteiger charge is -2.12. The van der Waals surface area contributed by atoms with E-state index in [1.165, 1.54) is 25.7 Å². The Morgan fingerprint density at radius 2 is 2.00 bits per heavy atom. The van der Waals surface area contributed by atoms with Crippen LogP contribution in [-0.2, 0) is 19.5 Å². The lowest BCUT2D eigenvalue weighted by atomic mass is 10.2. The first-order chi connectivity index (χ1) is 15.3. The van der Waals surface area contributed by atoms with E-state index in [2.05, 4.69) is 27.6 Å². The van der Waals surface area contributed by atoms with Crippen LogP contribution in [0.15, 0.2) is 64.3 Å². The van der Waals surface area contributed by atoms with Gasteiger partial charge in [-0.05, 0) is 48.7 Å². The molecule has 7 nitrogen and oxygen atoms in total. The number of nitrogens with zero attached hydrogens (tertiary/aromatic N) is 3. The summed E-state index contributed by atoms with van der Waals surface area (Å²) in [6.45, 7) is 1.95. The molecule has 0 unspecified atom stereocenters. The van der Waals surface area contributed by atoms with Crippen molar-refractivity contribution < 1.29 is 9.15 Å². The SMILES string of the molecule is COc1ccc(CN=C(NCCc2ccco2)NCc2ccn(C3CCCC3)n2)cc1. The molecule has 7 heteroatoms. The Hall–Kier alpha value is -3.22. The van der Waals surface area contributed by atoms with E-state index in [0.717, 1.165) is 41.7 Å². The molecule has 1 aliphatic rings. The van der Waals surface area contributed by atoms with Gasteiger partial charge in [-0.2, -0.15) is 5.10 Å². The van der Waals surface area contributed by atoms with Crippen molar-refractivity contribution in [3.8, 4) is 5.75 Å². The predicted molar refractivity (Wildman–Crippen MR) is 121 cm³/mol. The molecule has 0 saturated heterocycles. The molecule has 0 radical (unpaired) electrons. The van der Waals surface area contributed by atoms with Crippen molar-refractivity contribution in [2.75, 3.05) is 13.7 Å². The highest BCUT2D eigenvalue weighted by Gasteiger charge is 2.17. The van der Waals surface area contributed by atoms with E-state index in [1.54, 1.807) is 13.4 Å². The Balaban J connectivity index is 1.35. The summed E-state index contributed by atoms with van der Waals surface area (Å²) in [4.78, 5) is 4.76. The molecule has 31 heavy (non-hydrogen) atoms. The van der Waals surface area contributed by atoms with Crippen LogP contribution in [0.4, 0.5) is 0 Å². The Labute approximate surface area is 183 Å². The van der Waals surface area contributed by atoms with E-state index in [9.17, 15) is 0 Å². The molecule has 1 aromatic carbocycles. The number of guanidine groups is 1.